The number of rotatable bonds is 3. The van der Waals surface area contributed by atoms with E-state index in [-0.39, 0.29) is 0 Å². The molecule has 0 radical (unpaired) electrons. The first kappa shape index (κ1) is 10.2. The van der Waals surface area contributed by atoms with E-state index in [9.17, 15) is 0 Å². The zero-order valence-electron chi connectivity index (χ0n) is 7.83. The van der Waals surface area contributed by atoms with Gasteiger partial charge in [-0.2, -0.15) is 0 Å². The Morgan fingerprint density at radius 2 is 1.38 bits per heavy atom. The van der Waals surface area contributed by atoms with Crippen molar-refractivity contribution in [3.05, 3.63) is 12.1 Å². The van der Waals surface area contributed by atoms with Crippen LogP contribution in [0.3, 0.4) is 0 Å². The summed E-state index contributed by atoms with van der Waals surface area (Å²) < 4.78 is 16.3. The van der Waals surface area contributed by atoms with Crippen LogP contribution in [0, 0.1) is 0 Å². The van der Waals surface area contributed by atoms with Gasteiger partial charge in [-0.15, -0.1) is 0 Å². The molecule has 0 atom stereocenters. The topological polar surface area (TPSA) is 27.7 Å². The Morgan fingerprint density at radius 1 is 0.923 bits per heavy atom. The fraction of sp³-hybridized carbons (Fsp3) is 0.333. The van der Waals surface area contributed by atoms with Gasteiger partial charge in [0.2, 0.25) is 0 Å². The molecule has 0 aromatic heterocycles. The van der Waals surface area contributed by atoms with E-state index in [1.165, 1.54) is 0 Å². The Morgan fingerprint density at radius 3 is 1.69 bits per heavy atom. The predicted molar refractivity (Wildman–Crippen MR) is 52.9 cm³/mol. The molecule has 1 aromatic carbocycles. The summed E-state index contributed by atoms with van der Waals surface area (Å²) in [6, 6.07) is 3.63. The van der Waals surface area contributed by atoms with E-state index in [1.807, 2.05) is 12.1 Å². The van der Waals surface area contributed by atoms with Gasteiger partial charge in [0, 0.05) is 0 Å². The molecule has 0 aliphatic rings. The van der Waals surface area contributed by atoms with Gasteiger partial charge in [0.15, 0.2) is 0 Å². The molecule has 0 amide bonds. The molecule has 0 spiro atoms. The third-order valence-corrected chi connectivity index (χ3v) is 2.61. The van der Waals surface area contributed by atoms with E-state index < -0.39 is 0 Å². The fourth-order valence-corrected chi connectivity index (χ4v) is 1.64. The van der Waals surface area contributed by atoms with E-state index in [0.29, 0.717) is 0 Å². The molecule has 0 fully saturated rings. The standard InChI is InChI=1S/C9H12O3Se/c1-10-6-4-7(11-2)9(13)8(5-6)12-3/h4-5,13H,1-3H3. The van der Waals surface area contributed by atoms with E-state index in [0.717, 1.165) is 21.7 Å². The summed E-state index contributed by atoms with van der Waals surface area (Å²) in [6.07, 6.45) is 0. The van der Waals surface area contributed by atoms with Crippen molar-refractivity contribution in [2.45, 2.75) is 0 Å². The van der Waals surface area contributed by atoms with Crippen LogP contribution in [0.5, 0.6) is 17.2 Å². The minimum absolute atomic E-state index is 0.725. The number of hydrogen-bond acceptors (Lipinski definition) is 3. The van der Waals surface area contributed by atoms with Crippen molar-refractivity contribution in [1.29, 1.82) is 0 Å². The van der Waals surface area contributed by atoms with Crippen molar-refractivity contribution in [3.63, 3.8) is 0 Å². The van der Waals surface area contributed by atoms with Crippen LogP contribution in [0.1, 0.15) is 0 Å². The molecule has 0 N–H and O–H groups in total. The van der Waals surface area contributed by atoms with Gasteiger partial charge in [0.1, 0.15) is 0 Å². The van der Waals surface area contributed by atoms with Gasteiger partial charge in [-0.25, -0.2) is 0 Å². The van der Waals surface area contributed by atoms with Gasteiger partial charge >= 0.3 is 85.4 Å². The van der Waals surface area contributed by atoms with E-state index in [4.69, 9.17) is 14.2 Å². The zero-order valence-corrected chi connectivity index (χ0v) is 9.70. The Hall–Kier alpha value is -0.861. The third kappa shape index (κ3) is 2.08. The molecule has 0 bridgehead atoms. The second-order valence-corrected chi connectivity index (χ2v) is 3.32. The van der Waals surface area contributed by atoms with Crippen LogP contribution < -0.4 is 18.7 Å². The second kappa shape index (κ2) is 4.40. The summed E-state index contributed by atoms with van der Waals surface area (Å²) in [5.41, 5.74) is 0. The van der Waals surface area contributed by atoms with Crippen molar-refractivity contribution in [1.82, 2.24) is 0 Å². The summed E-state index contributed by atoms with van der Waals surface area (Å²) in [5.74, 6) is 2.22. The maximum absolute atomic E-state index is 5.15. The molecule has 3 nitrogen and oxygen atoms in total. The Labute approximate surface area is 85.8 Å². The summed E-state index contributed by atoms with van der Waals surface area (Å²) in [5, 5.41) is 0. The SMILES string of the molecule is COc1cc(OC)c([SeH])c(OC)c1. The molecule has 0 aliphatic carbocycles. The van der Waals surface area contributed by atoms with Gasteiger partial charge in [0.25, 0.3) is 0 Å². The molecule has 0 heterocycles. The van der Waals surface area contributed by atoms with Gasteiger partial charge in [-0.05, 0) is 0 Å². The van der Waals surface area contributed by atoms with Crippen LogP contribution >= 0.6 is 0 Å². The average molecular weight is 247 g/mol. The summed E-state index contributed by atoms with van der Waals surface area (Å²) in [7, 11) is 4.84. The van der Waals surface area contributed by atoms with Crippen molar-refractivity contribution in [2.75, 3.05) is 21.3 Å². The molecule has 0 saturated carbocycles. The molecule has 0 aliphatic heterocycles. The monoisotopic (exact) mass is 248 g/mol. The van der Waals surface area contributed by atoms with Crippen molar-refractivity contribution >= 4 is 20.5 Å². The van der Waals surface area contributed by atoms with Crippen molar-refractivity contribution < 1.29 is 14.2 Å². The first-order valence-corrected chi connectivity index (χ1v) is 4.65. The zero-order chi connectivity index (χ0) is 9.84. The quantitative estimate of drug-likeness (QED) is 0.716. The summed E-state index contributed by atoms with van der Waals surface area (Å²) in [4.78, 5) is 0. The van der Waals surface area contributed by atoms with E-state index in [1.54, 1.807) is 21.3 Å². The van der Waals surface area contributed by atoms with E-state index >= 15 is 0 Å². The third-order valence-electron chi connectivity index (χ3n) is 1.69. The summed E-state index contributed by atoms with van der Waals surface area (Å²) >= 11 is 2.41. The average Bonchev–Trinajstić information content (AvgIpc) is 2.18. The maximum atomic E-state index is 5.15. The number of methoxy groups -OCH3 is 3. The van der Waals surface area contributed by atoms with E-state index in [2.05, 4.69) is 16.0 Å². The van der Waals surface area contributed by atoms with Gasteiger partial charge < -0.3 is 0 Å². The summed E-state index contributed by atoms with van der Waals surface area (Å²) in [6.45, 7) is 0. The normalized spacial score (nSPS) is 9.54. The van der Waals surface area contributed by atoms with Gasteiger partial charge in [-0.1, -0.05) is 0 Å². The molecule has 1 aromatic rings. The molecular weight excluding hydrogens is 235 g/mol. The predicted octanol–water partition coefficient (Wildman–Crippen LogP) is 0.238. The van der Waals surface area contributed by atoms with Crippen LogP contribution in [0.15, 0.2) is 12.1 Å². The Bertz CT molecular complexity index is 274. The van der Waals surface area contributed by atoms with Crippen LogP contribution in [-0.4, -0.2) is 37.3 Å². The first-order valence-electron chi connectivity index (χ1n) is 3.72. The molecule has 4 heteroatoms. The molecule has 1 rings (SSSR count). The fourth-order valence-electron chi connectivity index (χ4n) is 0.987. The number of benzene rings is 1. The molecule has 72 valence electrons. The molecule has 0 unspecified atom stereocenters. The van der Waals surface area contributed by atoms with Crippen molar-refractivity contribution in [3.8, 4) is 17.2 Å². The Kier molecular flexibility index (Phi) is 3.46. The van der Waals surface area contributed by atoms with Crippen LogP contribution in [0.25, 0.3) is 0 Å². The van der Waals surface area contributed by atoms with Crippen molar-refractivity contribution in [2.24, 2.45) is 0 Å². The van der Waals surface area contributed by atoms with Gasteiger partial charge in [0.05, 0.1) is 0 Å². The van der Waals surface area contributed by atoms with Gasteiger partial charge in [-0.3, -0.25) is 0 Å². The number of ether oxygens (including phenoxy) is 3. The van der Waals surface area contributed by atoms with Crippen LogP contribution in [-0.2, 0) is 0 Å². The van der Waals surface area contributed by atoms with Crippen LogP contribution in [0.2, 0.25) is 0 Å². The molecular formula is C9H12O3Se. The number of hydrogen-bond donors (Lipinski definition) is 0. The van der Waals surface area contributed by atoms with Crippen LogP contribution in [0.4, 0.5) is 0 Å². The minimum atomic E-state index is 0.725. The Balaban J connectivity index is 3.20. The molecule has 13 heavy (non-hydrogen) atoms. The molecule has 0 saturated heterocycles. The first-order chi connectivity index (χ1) is 6.22. The second-order valence-electron chi connectivity index (χ2n) is 2.38.